The minimum absolute atomic E-state index is 0.244. The van der Waals surface area contributed by atoms with Crippen molar-refractivity contribution in [3.05, 3.63) is 95.4 Å². The predicted octanol–water partition coefficient (Wildman–Crippen LogP) is 3.96. The van der Waals surface area contributed by atoms with Crippen molar-refractivity contribution in [3.8, 4) is 0 Å². The number of aryl methyl sites for hydroxylation is 1. The molecule has 3 heterocycles. The van der Waals surface area contributed by atoms with Crippen LogP contribution in [0.3, 0.4) is 0 Å². The van der Waals surface area contributed by atoms with Crippen LogP contribution < -0.4 is 16.0 Å². The number of pyridine rings is 1. The summed E-state index contributed by atoms with van der Waals surface area (Å²) >= 11 is 0. The van der Waals surface area contributed by atoms with Crippen molar-refractivity contribution in [3.63, 3.8) is 0 Å². The van der Waals surface area contributed by atoms with Gasteiger partial charge in [-0.05, 0) is 61.0 Å². The van der Waals surface area contributed by atoms with Crippen molar-refractivity contribution in [1.29, 1.82) is 0 Å². The van der Waals surface area contributed by atoms with E-state index in [0.717, 1.165) is 49.5 Å². The lowest BCUT2D eigenvalue weighted by Crippen LogP contribution is -2.43. The summed E-state index contributed by atoms with van der Waals surface area (Å²) in [5.41, 5.74) is 5.61. The van der Waals surface area contributed by atoms with Crippen LogP contribution in [-0.4, -0.2) is 64.3 Å². The molecule has 0 unspecified atom stereocenters. The summed E-state index contributed by atoms with van der Waals surface area (Å²) in [5, 5.41) is 8.83. The summed E-state index contributed by atoms with van der Waals surface area (Å²) in [6.45, 7) is 7.38. The van der Waals surface area contributed by atoms with E-state index in [0.29, 0.717) is 23.6 Å². The monoisotopic (exact) mass is 511 g/mol. The average Bonchev–Trinajstić information content (AvgIpc) is 3.35. The van der Waals surface area contributed by atoms with Gasteiger partial charge in [-0.25, -0.2) is 9.78 Å². The van der Waals surface area contributed by atoms with Gasteiger partial charge in [-0.3, -0.25) is 14.1 Å². The van der Waals surface area contributed by atoms with Gasteiger partial charge < -0.3 is 20.9 Å². The fourth-order valence-electron chi connectivity index (χ4n) is 4.57. The number of rotatable bonds is 7. The van der Waals surface area contributed by atoms with Gasteiger partial charge in [0.05, 0.1) is 6.20 Å². The second-order valence-corrected chi connectivity index (χ2v) is 9.76. The zero-order valence-corrected chi connectivity index (χ0v) is 21.8. The summed E-state index contributed by atoms with van der Waals surface area (Å²) in [6.07, 6.45) is 3.38. The van der Waals surface area contributed by atoms with Gasteiger partial charge in [0.2, 0.25) is 0 Å². The first-order valence-corrected chi connectivity index (χ1v) is 12.8. The van der Waals surface area contributed by atoms with E-state index >= 15 is 0 Å². The van der Waals surface area contributed by atoms with E-state index in [1.165, 1.54) is 5.56 Å². The minimum Gasteiger partial charge on any atom is -0.334 e. The summed E-state index contributed by atoms with van der Waals surface area (Å²) < 4.78 is 1.75. The summed E-state index contributed by atoms with van der Waals surface area (Å²) in [4.78, 5) is 34.6. The Bertz CT molecular complexity index is 1440. The smallest absolute Gasteiger partial charge is 0.319 e. The van der Waals surface area contributed by atoms with E-state index < -0.39 is 0 Å². The summed E-state index contributed by atoms with van der Waals surface area (Å²) in [5.74, 6) is -0.244. The molecule has 0 radical (unpaired) electrons. The van der Waals surface area contributed by atoms with Gasteiger partial charge in [-0.15, -0.1) is 0 Å². The predicted molar refractivity (Wildman–Crippen MR) is 149 cm³/mol. The lowest BCUT2D eigenvalue weighted by molar-refractivity contribution is 0.102. The molecule has 1 aliphatic rings. The number of aromatic nitrogens is 2. The zero-order valence-electron chi connectivity index (χ0n) is 21.8. The van der Waals surface area contributed by atoms with Crippen LogP contribution in [0.5, 0.6) is 0 Å². The lowest BCUT2D eigenvalue weighted by atomic mass is 10.1. The summed E-state index contributed by atoms with van der Waals surface area (Å²) in [6, 6.07) is 19.1. The first-order valence-electron chi connectivity index (χ1n) is 12.8. The number of anilines is 2. The second-order valence-electron chi connectivity index (χ2n) is 9.76. The molecule has 0 spiro atoms. The molecule has 196 valence electrons. The lowest BCUT2D eigenvalue weighted by Gasteiger charge is -2.32. The van der Waals surface area contributed by atoms with Gasteiger partial charge in [-0.2, -0.15) is 0 Å². The Balaban J connectivity index is 1.16. The number of carbonyl (C=O) groups is 2. The third-order valence-electron chi connectivity index (χ3n) is 6.84. The van der Waals surface area contributed by atoms with E-state index in [2.05, 4.69) is 43.8 Å². The van der Waals surface area contributed by atoms with E-state index in [1.807, 2.05) is 67.7 Å². The average molecular weight is 512 g/mol. The molecule has 9 heteroatoms. The van der Waals surface area contributed by atoms with Crippen LogP contribution in [-0.2, 0) is 13.1 Å². The molecular formula is C29H33N7O2. The Morgan fingerprint density at radius 2 is 1.76 bits per heavy atom. The normalized spacial score (nSPS) is 14.4. The molecule has 0 bridgehead atoms. The number of hydrogen-bond donors (Lipinski definition) is 3. The van der Waals surface area contributed by atoms with Gasteiger partial charge in [0.1, 0.15) is 11.3 Å². The molecule has 9 nitrogen and oxygen atoms in total. The number of imidazole rings is 1. The molecule has 1 fully saturated rings. The number of urea groups is 1. The SMILES string of the molecule is Cc1ccc(CNC(=O)Nc2cccc(CN3CCN(C)CC3)c2)cc1NC(=O)c1cnc2ccccn12. The van der Waals surface area contributed by atoms with E-state index in [-0.39, 0.29) is 11.9 Å². The quantitative estimate of drug-likeness (QED) is 0.349. The van der Waals surface area contributed by atoms with Crippen LogP contribution in [0.1, 0.15) is 27.2 Å². The van der Waals surface area contributed by atoms with Gasteiger partial charge >= 0.3 is 6.03 Å². The van der Waals surface area contributed by atoms with Gasteiger partial charge in [0, 0.05) is 56.8 Å². The topological polar surface area (TPSA) is 94.0 Å². The maximum Gasteiger partial charge on any atom is 0.319 e. The third kappa shape index (κ3) is 6.19. The number of carbonyl (C=O) groups excluding carboxylic acids is 2. The molecule has 3 amide bonds. The molecule has 2 aromatic carbocycles. The van der Waals surface area contributed by atoms with E-state index in [9.17, 15) is 9.59 Å². The van der Waals surface area contributed by atoms with Crippen molar-refractivity contribution in [2.45, 2.75) is 20.0 Å². The van der Waals surface area contributed by atoms with Crippen molar-refractivity contribution < 1.29 is 9.59 Å². The largest absolute Gasteiger partial charge is 0.334 e. The molecule has 0 atom stereocenters. The van der Waals surface area contributed by atoms with E-state index in [1.54, 1.807) is 10.6 Å². The molecule has 1 aliphatic heterocycles. The highest BCUT2D eigenvalue weighted by Crippen LogP contribution is 2.19. The van der Waals surface area contributed by atoms with Crippen molar-refractivity contribution in [2.75, 3.05) is 43.9 Å². The number of fused-ring (bicyclic) bond motifs is 1. The number of nitrogens with zero attached hydrogens (tertiary/aromatic N) is 4. The van der Waals surface area contributed by atoms with Gasteiger partial charge in [0.15, 0.2) is 0 Å². The van der Waals surface area contributed by atoms with Crippen LogP contribution in [0.25, 0.3) is 5.65 Å². The summed E-state index contributed by atoms with van der Waals surface area (Å²) in [7, 11) is 2.15. The maximum atomic E-state index is 12.9. The second kappa shape index (κ2) is 11.5. The van der Waals surface area contributed by atoms with Crippen molar-refractivity contribution in [1.82, 2.24) is 24.5 Å². The van der Waals surface area contributed by atoms with Gasteiger partial charge in [-0.1, -0.05) is 30.3 Å². The Labute approximate surface area is 222 Å². The molecular weight excluding hydrogens is 478 g/mol. The van der Waals surface area contributed by atoms with Crippen LogP contribution in [0, 0.1) is 6.92 Å². The van der Waals surface area contributed by atoms with Crippen molar-refractivity contribution >= 4 is 29.0 Å². The fourth-order valence-corrected chi connectivity index (χ4v) is 4.57. The number of nitrogens with one attached hydrogen (secondary N) is 3. The molecule has 3 N–H and O–H groups in total. The number of hydrogen-bond acceptors (Lipinski definition) is 5. The van der Waals surface area contributed by atoms with Crippen LogP contribution in [0.2, 0.25) is 0 Å². The highest BCUT2D eigenvalue weighted by Gasteiger charge is 2.15. The molecule has 4 aromatic rings. The molecule has 2 aromatic heterocycles. The third-order valence-corrected chi connectivity index (χ3v) is 6.84. The molecule has 0 saturated carbocycles. The first-order chi connectivity index (χ1) is 18.4. The minimum atomic E-state index is -0.279. The van der Waals surface area contributed by atoms with Crippen LogP contribution in [0.4, 0.5) is 16.2 Å². The Morgan fingerprint density at radius 1 is 0.921 bits per heavy atom. The maximum absolute atomic E-state index is 12.9. The Morgan fingerprint density at radius 3 is 2.61 bits per heavy atom. The zero-order chi connectivity index (χ0) is 26.5. The van der Waals surface area contributed by atoms with Gasteiger partial charge in [0.25, 0.3) is 5.91 Å². The molecule has 5 rings (SSSR count). The fraction of sp³-hybridized carbons (Fsp3) is 0.276. The van der Waals surface area contributed by atoms with E-state index in [4.69, 9.17) is 0 Å². The molecule has 38 heavy (non-hydrogen) atoms. The highest BCUT2D eigenvalue weighted by molar-refractivity contribution is 6.04. The van der Waals surface area contributed by atoms with Crippen LogP contribution in [0.15, 0.2) is 73.1 Å². The van der Waals surface area contributed by atoms with Crippen LogP contribution >= 0.6 is 0 Å². The molecule has 0 aliphatic carbocycles. The first kappa shape index (κ1) is 25.4. The molecule has 1 saturated heterocycles. The van der Waals surface area contributed by atoms with Crippen molar-refractivity contribution in [2.24, 2.45) is 0 Å². The number of likely N-dealkylation sites (N-methyl/N-ethyl adjacent to an activating group) is 1. The number of benzene rings is 2. The standard InChI is InChI=1S/C29H33N7O2/c1-21-9-10-22(17-25(21)33-28(37)26-19-30-27-8-3-4-11-36(26)27)18-31-29(38)32-24-7-5-6-23(16-24)20-35-14-12-34(2)13-15-35/h3-11,16-17,19H,12-15,18,20H2,1-2H3,(H,33,37)(H2,31,32,38). The number of amides is 3. The Kier molecular flexibility index (Phi) is 7.67. The highest BCUT2D eigenvalue weighted by atomic mass is 16.2. The number of piperazine rings is 1. The Hall–Kier alpha value is -4.21.